The molecule has 3 aromatic carbocycles. The molecular formula is C30H26O12. The zero-order valence-corrected chi connectivity index (χ0v) is 21.7. The van der Waals surface area contributed by atoms with Crippen LogP contribution < -0.4 is 10.2 Å². The summed E-state index contributed by atoms with van der Waals surface area (Å²) in [6.45, 7) is -0.709. The number of aliphatic hydroxyl groups excluding tert-OH is 3. The summed E-state index contributed by atoms with van der Waals surface area (Å²) in [5.74, 6) is -1.31. The number of phenolic OH excluding ortho intramolecular Hbond substituents is 3. The largest absolute Gasteiger partial charge is 0.508 e. The number of aliphatic hydroxyl groups is 3. The second-order valence-corrected chi connectivity index (χ2v) is 9.49. The molecule has 1 aliphatic rings. The molecule has 0 saturated carbocycles. The number of carbonyl (C=O) groups excluding carboxylic acids is 1. The van der Waals surface area contributed by atoms with Gasteiger partial charge in [0.25, 0.3) is 0 Å². The third-order valence-corrected chi connectivity index (χ3v) is 6.57. The van der Waals surface area contributed by atoms with Gasteiger partial charge in [-0.1, -0.05) is 12.1 Å². The number of hydrogen-bond donors (Lipinski definition) is 6. The third kappa shape index (κ3) is 6.06. The summed E-state index contributed by atoms with van der Waals surface area (Å²) in [6.07, 6.45) is -5.39. The lowest BCUT2D eigenvalue weighted by atomic mass is 9.99. The topological polar surface area (TPSA) is 196 Å². The lowest BCUT2D eigenvalue weighted by molar-refractivity contribution is -0.280. The van der Waals surface area contributed by atoms with Crippen LogP contribution in [0.4, 0.5) is 0 Å². The van der Waals surface area contributed by atoms with Crippen molar-refractivity contribution in [2.45, 2.75) is 30.7 Å². The van der Waals surface area contributed by atoms with E-state index >= 15 is 0 Å². The summed E-state index contributed by atoms with van der Waals surface area (Å²) in [7, 11) is 0. The Kier molecular flexibility index (Phi) is 8.13. The summed E-state index contributed by atoms with van der Waals surface area (Å²) in [4.78, 5) is 25.2. The summed E-state index contributed by atoms with van der Waals surface area (Å²) in [5, 5.41) is 60.6. The second-order valence-electron chi connectivity index (χ2n) is 9.49. The normalized spacial score (nSPS) is 22.3. The molecule has 5 rings (SSSR count). The molecule has 4 aromatic rings. The zero-order valence-electron chi connectivity index (χ0n) is 21.7. The molecule has 1 fully saturated rings. The quantitative estimate of drug-likeness (QED) is 0.138. The van der Waals surface area contributed by atoms with E-state index < -0.39 is 54.5 Å². The fourth-order valence-electron chi connectivity index (χ4n) is 4.43. The number of rotatable bonds is 7. The standard InChI is InChI=1S/C30H26O12/c31-14-24-27(37)29(42-25(36)10-3-15-1-6-17(32)7-2-15)28(38)30(41-24)39-19-11-20(34)26-21(35)13-22(40-23(26)12-19)16-4-8-18(33)9-5-16/h1-13,24,27-34,37-38H,14H2/b10-3+/t24-,27-,28-,29+,30-/m1/s1. The smallest absolute Gasteiger partial charge is 0.331 e. The Balaban J connectivity index is 1.38. The van der Waals surface area contributed by atoms with E-state index in [-0.39, 0.29) is 34.0 Å². The maximum absolute atomic E-state index is 12.7. The lowest BCUT2D eigenvalue weighted by Crippen LogP contribution is -2.61. The maximum Gasteiger partial charge on any atom is 0.331 e. The first-order chi connectivity index (χ1) is 20.1. The fraction of sp³-hybridized carbons (Fsp3) is 0.200. The predicted molar refractivity (Wildman–Crippen MR) is 147 cm³/mol. The van der Waals surface area contributed by atoms with Crippen molar-refractivity contribution in [3.8, 4) is 34.3 Å². The molecule has 0 bridgehead atoms. The Labute approximate surface area is 237 Å². The van der Waals surface area contributed by atoms with Crippen LogP contribution in [0.25, 0.3) is 28.4 Å². The van der Waals surface area contributed by atoms with E-state index in [1.54, 1.807) is 12.1 Å². The summed E-state index contributed by atoms with van der Waals surface area (Å²) in [5.41, 5.74) is 0.441. The lowest BCUT2D eigenvalue weighted by Gasteiger charge is -2.41. The molecule has 1 aliphatic heterocycles. The molecule has 6 N–H and O–H groups in total. The number of aromatic hydroxyl groups is 3. The minimum absolute atomic E-state index is 0.0184. The van der Waals surface area contributed by atoms with Crippen LogP contribution in [0.1, 0.15) is 5.56 Å². The first kappa shape index (κ1) is 28.6. The number of ether oxygens (including phenoxy) is 3. The molecule has 0 aliphatic carbocycles. The van der Waals surface area contributed by atoms with Crippen LogP contribution in [0, 0.1) is 0 Å². The number of esters is 1. The molecule has 0 unspecified atom stereocenters. The molecule has 12 heteroatoms. The molecule has 0 spiro atoms. The molecular weight excluding hydrogens is 552 g/mol. The molecule has 0 radical (unpaired) electrons. The highest BCUT2D eigenvalue weighted by molar-refractivity contribution is 5.87. The van der Waals surface area contributed by atoms with Gasteiger partial charge < -0.3 is 49.3 Å². The first-order valence-electron chi connectivity index (χ1n) is 12.7. The number of carbonyl (C=O) groups is 1. The van der Waals surface area contributed by atoms with Crippen molar-refractivity contribution >= 4 is 23.0 Å². The van der Waals surface area contributed by atoms with Crippen molar-refractivity contribution in [2.24, 2.45) is 0 Å². The molecule has 12 nitrogen and oxygen atoms in total. The van der Waals surface area contributed by atoms with Crippen molar-refractivity contribution in [2.75, 3.05) is 6.61 Å². The minimum atomic E-state index is -1.75. The van der Waals surface area contributed by atoms with Gasteiger partial charge in [0, 0.05) is 29.8 Å². The summed E-state index contributed by atoms with van der Waals surface area (Å²) < 4.78 is 22.3. The van der Waals surface area contributed by atoms with E-state index in [0.717, 1.165) is 12.1 Å². The average molecular weight is 579 g/mol. The van der Waals surface area contributed by atoms with Crippen molar-refractivity contribution < 1.29 is 54.1 Å². The highest BCUT2D eigenvalue weighted by Crippen LogP contribution is 2.34. The van der Waals surface area contributed by atoms with Crippen LogP contribution in [0.2, 0.25) is 0 Å². The summed E-state index contributed by atoms with van der Waals surface area (Å²) in [6, 6.07) is 15.4. The zero-order chi connectivity index (χ0) is 30.0. The maximum atomic E-state index is 12.7. The van der Waals surface area contributed by atoms with Gasteiger partial charge in [0.15, 0.2) is 17.6 Å². The van der Waals surface area contributed by atoms with Crippen molar-refractivity contribution in [1.82, 2.24) is 0 Å². The molecule has 218 valence electrons. The number of phenols is 3. The van der Waals surface area contributed by atoms with Gasteiger partial charge in [0.1, 0.15) is 51.9 Å². The highest BCUT2D eigenvalue weighted by atomic mass is 16.7. The van der Waals surface area contributed by atoms with Crippen LogP contribution >= 0.6 is 0 Å². The predicted octanol–water partition coefficient (Wildman–Crippen LogP) is 2.02. The molecule has 1 saturated heterocycles. The van der Waals surface area contributed by atoms with Gasteiger partial charge in [-0.15, -0.1) is 0 Å². The van der Waals surface area contributed by atoms with E-state index in [4.69, 9.17) is 18.6 Å². The molecule has 42 heavy (non-hydrogen) atoms. The number of hydrogen-bond acceptors (Lipinski definition) is 12. The molecule has 2 heterocycles. The van der Waals surface area contributed by atoms with Crippen molar-refractivity contribution in [3.05, 3.63) is 88.6 Å². The van der Waals surface area contributed by atoms with Gasteiger partial charge in [-0.25, -0.2) is 4.79 Å². The fourth-order valence-corrected chi connectivity index (χ4v) is 4.43. The third-order valence-electron chi connectivity index (χ3n) is 6.57. The molecule has 5 atom stereocenters. The van der Waals surface area contributed by atoms with Gasteiger partial charge in [-0.05, 0) is 48.0 Å². The SMILES string of the molecule is O=C(/C=C/c1ccc(O)cc1)O[C@@H]1[C@@H](O)[C@H](Oc2cc(O)c3c(=O)cc(-c4ccc(O)cc4)oc3c2)O[C@H](CO)[C@H]1O. The Hall–Kier alpha value is -4.88. The monoisotopic (exact) mass is 578 g/mol. The first-order valence-corrected chi connectivity index (χ1v) is 12.7. The molecule has 1 aromatic heterocycles. The van der Waals surface area contributed by atoms with Crippen LogP contribution in [0.15, 0.2) is 82.0 Å². The highest BCUT2D eigenvalue weighted by Gasteiger charge is 2.47. The van der Waals surface area contributed by atoms with Gasteiger partial charge in [0.05, 0.1) is 6.61 Å². The van der Waals surface area contributed by atoms with Crippen molar-refractivity contribution in [3.63, 3.8) is 0 Å². The van der Waals surface area contributed by atoms with Gasteiger partial charge in [-0.2, -0.15) is 0 Å². The Bertz CT molecular complexity index is 1660. The van der Waals surface area contributed by atoms with E-state index in [1.165, 1.54) is 54.6 Å². The number of benzene rings is 3. The Morgan fingerprint density at radius 1 is 0.905 bits per heavy atom. The average Bonchev–Trinajstić information content (AvgIpc) is 2.96. The van der Waals surface area contributed by atoms with E-state index in [2.05, 4.69) is 0 Å². The summed E-state index contributed by atoms with van der Waals surface area (Å²) >= 11 is 0. The van der Waals surface area contributed by atoms with E-state index in [0.29, 0.717) is 11.1 Å². The van der Waals surface area contributed by atoms with Crippen LogP contribution in [-0.4, -0.2) is 73.9 Å². The van der Waals surface area contributed by atoms with Crippen LogP contribution in [-0.2, 0) is 14.3 Å². The van der Waals surface area contributed by atoms with Gasteiger partial charge in [0.2, 0.25) is 6.29 Å². The van der Waals surface area contributed by atoms with Crippen LogP contribution in [0.5, 0.6) is 23.0 Å². The van der Waals surface area contributed by atoms with E-state index in [9.17, 15) is 40.2 Å². The van der Waals surface area contributed by atoms with Gasteiger partial charge in [-0.3, -0.25) is 4.79 Å². The minimum Gasteiger partial charge on any atom is -0.508 e. The Morgan fingerprint density at radius 2 is 1.57 bits per heavy atom. The van der Waals surface area contributed by atoms with Crippen molar-refractivity contribution in [1.29, 1.82) is 0 Å². The number of fused-ring (bicyclic) bond motifs is 1. The molecule has 0 amide bonds. The second kappa shape index (κ2) is 11.9. The van der Waals surface area contributed by atoms with Crippen LogP contribution in [0.3, 0.4) is 0 Å². The van der Waals surface area contributed by atoms with E-state index in [1.807, 2.05) is 0 Å². The Morgan fingerprint density at radius 3 is 2.24 bits per heavy atom. The van der Waals surface area contributed by atoms with Gasteiger partial charge >= 0.3 is 5.97 Å².